The number of benzene rings is 1. The minimum absolute atomic E-state index is 0.106. The van der Waals surface area contributed by atoms with E-state index in [9.17, 15) is 18.0 Å². The van der Waals surface area contributed by atoms with Crippen LogP contribution in [0.2, 0.25) is 0 Å². The van der Waals surface area contributed by atoms with Crippen molar-refractivity contribution in [3.05, 3.63) is 29.8 Å². The second-order valence-corrected chi connectivity index (χ2v) is 7.46. The molecule has 3 N–H and O–H groups in total. The molecular formula is C16H21N3O5S. The largest absolute Gasteiger partial charge is 0.480 e. The number of hydrogen-bond donors (Lipinski definition) is 3. The van der Waals surface area contributed by atoms with Crippen LogP contribution in [0.1, 0.15) is 38.7 Å². The lowest BCUT2D eigenvalue weighted by Crippen LogP contribution is -2.43. The van der Waals surface area contributed by atoms with E-state index in [0.29, 0.717) is 18.4 Å². The van der Waals surface area contributed by atoms with Crippen LogP contribution in [0.15, 0.2) is 34.2 Å². The summed E-state index contributed by atoms with van der Waals surface area (Å²) in [5.74, 6) is -1.59. The minimum atomic E-state index is -3.69. The summed E-state index contributed by atoms with van der Waals surface area (Å²) < 4.78 is 26.6. The van der Waals surface area contributed by atoms with Gasteiger partial charge in [0.25, 0.3) is 10.0 Å². The second-order valence-electron chi connectivity index (χ2n) is 5.81. The summed E-state index contributed by atoms with van der Waals surface area (Å²) in [6, 6.07) is 4.45. The van der Waals surface area contributed by atoms with E-state index in [1.807, 2.05) is 6.92 Å². The van der Waals surface area contributed by atoms with Gasteiger partial charge in [0.15, 0.2) is 0 Å². The smallest absolute Gasteiger partial charge is 0.325 e. The Labute approximate surface area is 146 Å². The number of aliphatic carboxylic acids is 1. The molecule has 1 heterocycles. The summed E-state index contributed by atoms with van der Waals surface area (Å²) in [5, 5.41) is 11.3. The van der Waals surface area contributed by atoms with E-state index in [4.69, 9.17) is 5.11 Å². The number of rotatable bonds is 7. The van der Waals surface area contributed by atoms with Crippen molar-refractivity contribution in [1.29, 1.82) is 0 Å². The molecule has 1 amide bonds. The van der Waals surface area contributed by atoms with Crippen LogP contribution in [0.3, 0.4) is 0 Å². The van der Waals surface area contributed by atoms with Crippen LogP contribution < -0.4 is 10.0 Å². The number of unbranched alkanes of at least 4 members (excludes halogenated alkanes) is 1. The van der Waals surface area contributed by atoms with Gasteiger partial charge in [-0.3, -0.25) is 19.3 Å². The zero-order chi connectivity index (χ0) is 18.6. The van der Waals surface area contributed by atoms with Gasteiger partial charge < -0.3 is 10.4 Å². The topological polar surface area (TPSA) is 125 Å². The molecule has 0 fully saturated rings. The van der Waals surface area contributed by atoms with Gasteiger partial charge in [0.05, 0.1) is 4.90 Å². The predicted octanol–water partition coefficient (Wildman–Crippen LogP) is 0.873. The van der Waals surface area contributed by atoms with Crippen LogP contribution in [-0.4, -0.2) is 43.3 Å². The molecule has 0 saturated heterocycles. The maximum atomic E-state index is 12.4. The monoisotopic (exact) mass is 367 g/mol. The number of amidine groups is 1. The summed E-state index contributed by atoms with van der Waals surface area (Å²) in [4.78, 5) is 27.7. The minimum Gasteiger partial charge on any atom is -0.480 e. The molecular weight excluding hydrogens is 346 g/mol. The van der Waals surface area contributed by atoms with Gasteiger partial charge in [0.1, 0.15) is 17.9 Å². The molecule has 0 radical (unpaired) electrons. The van der Waals surface area contributed by atoms with Crippen LogP contribution >= 0.6 is 0 Å². The van der Waals surface area contributed by atoms with E-state index in [1.165, 1.54) is 13.0 Å². The van der Waals surface area contributed by atoms with Gasteiger partial charge >= 0.3 is 5.97 Å². The number of carboxylic acid groups (broad SMARTS) is 1. The summed E-state index contributed by atoms with van der Waals surface area (Å²) in [7, 11) is -3.69. The normalized spacial score (nSPS) is 18.9. The lowest BCUT2D eigenvalue weighted by Gasteiger charge is -2.16. The third kappa shape index (κ3) is 4.36. The number of sulfonamides is 1. The van der Waals surface area contributed by atoms with Crippen molar-refractivity contribution in [1.82, 2.24) is 10.0 Å². The number of nitrogens with zero attached hydrogens (tertiary/aromatic N) is 1. The maximum Gasteiger partial charge on any atom is 0.325 e. The highest BCUT2D eigenvalue weighted by molar-refractivity contribution is 7.90. The summed E-state index contributed by atoms with van der Waals surface area (Å²) in [6.45, 7) is 3.31. The lowest BCUT2D eigenvalue weighted by molar-refractivity contribution is -0.141. The molecule has 0 aliphatic carbocycles. The standard InChI is InChI=1S/C16H21N3O5S/c1-3-4-8-12(15(20)17-10(2)16(21)22)18-14-11-7-5-6-9-13(11)25(23,24)19-14/h5-7,9-10,12H,3-4,8H2,1-2H3,(H,17,20)(H,18,19)(H,21,22). The Morgan fingerprint density at radius 1 is 1.32 bits per heavy atom. The van der Waals surface area contributed by atoms with Crippen molar-refractivity contribution in [2.75, 3.05) is 0 Å². The van der Waals surface area contributed by atoms with Gasteiger partial charge in [0, 0.05) is 5.56 Å². The molecule has 25 heavy (non-hydrogen) atoms. The van der Waals surface area contributed by atoms with Crippen molar-refractivity contribution in [3.63, 3.8) is 0 Å². The fraction of sp³-hybridized carbons (Fsp3) is 0.438. The number of fused-ring (bicyclic) bond motifs is 1. The van der Waals surface area contributed by atoms with E-state index in [-0.39, 0.29) is 10.7 Å². The number of carbonyl (C=O) groups is 2. The van der Waals surface area contributed by atoms with Crippen LogP contribution in [0, 0.1) is 0 Å². The lowest BCUT2D eigenvalue weighted by atomic mass is 10.1. The molecule has 1 aliphatic heterocycles. The van der Waals surface area contributed by atoms with E-state index < -0.39 is 34.0 Å². The SMILES string of the molecule is CCCCC(N=C1NS(=O)(=O)c2ccccc21)C(=O)NC(C)C(=O)O. The van der Waals surface area contributed by atoms with Crippen molar-refractivity contribution in [3.8, 4) is 0 Å². The molecule has 2 atom stereocenters. The van der Waals surface area contributed by atoms with E-state index in [2.05, 4.69) is 15.0 Å². The maximum absolute atomic E-state index is 12.4. The number of carbonyl (C=O) groups excluding carboxylic acids is 1. The molecule has 2 unspecified atom stereocenters. The van der Waals surface area contributed by atoms with Crippen molar-refractivity contribution < 1.29 is 23.1 Å². The quantitative estimate of drug-likeness (QED) is 0.659. The molecule has 2 rings (SSSR count). The zero-order valence-electron chi connectivity index (χ0n) is 14.0. The van der Waals surface area contributed by atoms with Crippen molar-refractivity contribution >= 4 is 27.7 Å². The van der Waals surface area contributed by atoms with Gasteiger partial charge in [-0.05, 0) is 25.5 Å². The molecule has 1 aliphatic rings. The third-order valence-corrected chi connectivity index (χ3v) is 5.21. The first-order valence-corrected chi connectivity index (χ1v) is 9.47. The van der Waals surface area contributed by atoms with Gasteiger partial charge in [-0.25, -0.2) is 8.42 Å². The molecule has 1 aromatic carbocycles. The first-order chi connectivity index (χ1) is 11.8. The number of aliphatic imine (C=N–C) groups is 1. The second kappa shape index (κ2) is 7.64. The van der Waals surface area contributed by atoms with Crippen LogP contribution in [0.4, 0.5) is 0 Å². The zero-order valence-corrected chi connectivity index (χ0v) is 14.8. The van der Waals surface area contributed by atoms with Crippen LogP contribution in [-0.2, 0) is 19.6 Å². The summed E-state index contributed by atoms with van der Waals surface area (Å²) in [6.07, 6.45) is 1.91. The van der Waals surface area contributed by atoms with Gasteiger partial charge in [-0.15, -0.1) is 0 Å². The molecule has 8 nitrogen and oxygen atoms in total. The van der Waals surface area contributed by atoms with Crippen molar-refractivity contribution in [2.45, 2.75) is 50.1 Å². The van der Waals surface area contributed by atoms with E-state index in [0.717, 1.165) is 6.42 Å². The Balaban J connectivity index is 2.32. The van der Waals surface area contributed by atoms with Crippen molar-refractivity contribution in [2.24, 2.45) is 4.99 Å². The number of hydrogen-bond acceptors (Lipinski definition) is 5. The Morgan fingerprint density at radius 2 is 2.00 bits per heavy atom. The Hall–Kier alpha value is -2.42. The predicted molar refractivity (Wildman–Crippen MR) is 91.9 cm³/mol. The highest BCUT2D eigenvalue weighted by Gasteiger charge is 2.32. The molecule has 1 aromatic rings. The van der Waals surface area contributed by atoms with Crippen LogP contribution in [0.25, 0.3) is 0 Å². The van der Waals surface area contributed by atoms with Gasteiger partial charge in [-0.2, -0.15) is 0 Å². The average molecular weight is 367 g/mol. The van der Waals surface area contributed by atoms with Gasteiger partial charge in [-0.1, -0.05) is 31.9 Å². The average Bonchev–Trinajstić information content (AvgIpc) is 2.82. The third-order valence-electron chi connectivity index (χ3n) is 3.81. The van der Waals surface area contributed by atoms with E-state index in [1.54, 1.807) is 18.2 Å². The first kappa shape index (κ1) is 18.9. The molecule has 0 saturated carbocycles. The Bertz CT molecular complexity index is 804. The Kier molecular flexibility index (Phi) is 5.78. The highest BCUT2D eigenvalue weighted by atomic mass is 32.2. The van der Waals surface area contributed by atoms with Crippen LogP contribution in [0.5, 0.6) is 0 Å². The summed E-state index contributed by atoms with van der Waals surface area (Å²) in [5.41, 5.74) is 0.406. The van der Waals surface area contributed by atoms with E-state index >= 15 is 0 Å². The summed E-state index contributed by atoms with van der Waals surface area (Å²) >= 11 is 0. The molecule has 9 heteroatoms. The molecule has 136 valence electrons. The molecule has 0 bridgehead atoms. The first-order valence-electron chi connectivity index (χ1n) is 7.99. The number of carboxylic acids is 1. The fourth-order valence-corrected chi connectivity index (χ4v) is 3.65. The Morgan fingerprint density at radius 3 is 2.64 bits per heavy atom. The molecule has 0 aromatic heterocycles. The number of nitrogens with one attached hydrogen (secondary N) is 2. The highest BCUT2D eigenvalue weighted by Crippen LogP contribution is 2.23. The molecule has 0 spiro atoms. The van der Waals surface area contributed by atoms with Gasteiger partial charge in [0.2, 0.25) is 5.91 Å². The fourth-order valence-electron chi connectivity index (χ4n) is 2.41. The number of amides is 1.